The summed E-state index contributed by atoms with van der Waals surface area (Å²) in [6.07, 6.45) is 3.81. The summed E-state index contributed by atoms with van der Waals surface area (Å²) in [5, 5.41) is 3.32. The van der Waals surface area contributed by atoms with Crippen LogP contribution in [-0.2, 0) is 4.74 Å². The van der Waals surface area contributed by atoms with E-state index < -0.39 is 0 Å². The van der Waals surface area contributed by atoms with E-state index in [4.69, 9.17) is 4.74 Å². The predicted molar refractivity (Wildman–Crippen MR) is 53.8 cm³/mol. The first-order valence-corrected chi connectivity index (χ1v) is 5.47. The maximum atomic E-state index is 6.30. The van der Waals surface area contributed by atoms with Crippen molar-refractivity contribution < 1.29 is 4.74 Å². The molecule has 76 valence electrons. The lowest BCUT2D eigenvalue weighted by Gasteiger charge is -2.53. The van der Waals surface area contributed by atoms with Crippen LogP contribution in [0.25, 0.3) is 0 Å². The number of nitrogens with one attached hydrogen (secondary N) is 1. The van der Waals surface area contributed by atoms with Gasteiger partial charge in [-0.3, -0.25) is 0 Å². The lowest BCUT2D eigenvalue weighted by atomic mass is 9.78. The zero-order valence-electron chi connectivity index (χ0n) is 9.02. The van der Waals surface area contributed by atoms with Gasteiger partial charge in [-0.2, -0.15) is 0 Å². The van der Waals surface area contributed by atoms with Gasteiger partial charge in [0.25, 0.3) is 0 Å². The molecule has 0 bridgehead atoms. The fourth-order valence-corrected chi connectivity index (χ4v) is 2.42. The average molecular weight is 183 g/mol. The van der Waals surface area contributed by atoms with E-state index >= 15 is 0 Å². The molecule has 0 aromatic rings. The fraction of sp³-hybridized carbons (Fsp3) is 1.00. The second kappa shape index (κ2) is 2.96. The van der Waals surface area contributed by atoms with Gasteiger partial charge in [0.05, 0.1) is 11.2 Å². The summed E-state index contributed by atoms with van der Waals surface area (Å²) < 4.78 is 6.30. The highest BCUT2D eigenvalue weighted by Gasteiger charge is 2.47. The van der Waals surface area contributed by atoms with E-state index in [0.717, 1.165) is 13.1 Å². The molecular formula is C11H21NO. The Kier molecular flexibility index (Phi) is 2.16. The molecule has 2 rings (SSSR count). The Morgan fingerprint density at radius 3 is 2.38 bits per heavy atom. The van der Waals surface area contributed by atoms with E-state index in [0.29, 0.717) is 5.92 Å². The molecule has 1 atom stereocenters. The van der Waals surface area contributed by atoms with Crippen LogP contribution in [0.3, 0.4) is 0 Å². The Morgan fingerprint density at radius 1 is 1.23 bits per heavy atom. The molecule has 1 spiro atoms. The Morgan fingerprint density at radius 2 is 1.92 bits per heavy atom. The van der Waals surface area contributed by atoms with Crippen LogP contribution >= 0.6 is 0 Å². The normalized spacial score (nSPS) is 37.8. The molecule has 13 heavy (non-hydrogen) atoms. The summed E-state index contributed by atoms with van der Waals surface area (Å²) >= 11 is 0. The fourth-order valence-electron chi connectivity index (χ4n) is 2.42. The third kappa shape index (κ3) is 1.50. The Bertz CT molecular complexity index is 198. The lowest BCUT2D eigenvalue weighted by Crippen LogP contribution is -2.66. The summed E-state index contributed by atoms with van der Waals surface area (Å²) in [4.78, 5) is 0. The van der Waals surface area contributed by atoms with E-state index in [2.05, 4.69) is 26.1 Å². The van der Waals surface area contributed by atoms with Crippen molar-refractivity contribution in [3.05, 3.63) is 0 Å². The minimum Gasteiger partial charge on any atom is -0.366 e. The topological polar surface area (TPSA) is 21.3 Å². The van der Waals surface area contributed by atoms with E-state index in [-0.39, 0.29) is 11.2 Å². The zero-order chi connectivity index (χ0) is 9.53. The van der Waals surface area contributed by atoms with Crippen molar-refractivity contribution in [3.8, 4) is 0 Å². The highest BCUT2D eigenvalue weighted by Crippen LogP contribution is 2.41. The molecule has 2 aliphatic rings. The average Bonchev–Trinajstić information content (AvgIpc) is 2.01. The third-order valence-electron chi connectivity index (χ3n) is 3.87. The Hall–Kier alpha value is -0.0800. The van der Waals surface area contributed by atoms with Gasteiger partial charge in [-0.15, -0.1) is 0 Å². The number of ether oxygens (including phenoxy) is 1. The summed E-state index contributed by atoms with van der Waals surface area (Å²) in [5.41, 5.74) is 0.331. The van der Waals surface area contributed by atoms with Crippen molar-refractivity contribution in [2.45, 2.75) is 51.2 Å². The van der Waals surface area contributed by atoms with Crippen molar-refractivity contribution in [3.63, 3.8) is 0 Å². The van der Waals surface area contributed by atoms with Gasteiger partial charge in [0.15, 0.2) is 0 Å². The van der Waals surface area contributed by atoms with E-state index in [1.165, 1.54) is 19.3 Å². The van der Waals surface area contributed by atoms with Crippen LogP contribution in [0.1, 0.15) is 40.0 Å². The van der Waals surface area contributed by atoms with Gasteiger partial charge in [-0.05, 0) is 32.1 Å². The van der Waals surface area contributed by atoms with Crippen molar-refractivity contribution in [2.75, 3.05) is 13.1 Å². The standard InChI is InChI=1S/C11H21NO/c1-9(2)10(3)5-4-6-11(13-10)7-12-8-11/h9,12H,4-8H2,1-3H3. The van der Waals surface area contributed by atoms with E-state index in [9.17, 15) is 0 Å². The monoisotopic (exact) mass is 183 g/mol. The van der Waals surface area contributed by atoms with Crippen LogP contribution in [0, 0.1) is 5.92 Å². The first-order chi connectivity index (χ1) is 6.06. The first kappa shape index (κ1) is 9.47. The van der Waals surface area contributed by atoms with Gasteiger partial charge in [-0.25, -0.2) is 0 Å². The van der Waals surface area contributed by atoms with Crippen LogP contribution in [0.4, 0.5) is 0 Å². The molecule has 2 aliphatic heterocycles. The van der Waals surface area contributed by atoms with Crippen LogP contribution < -0.4 is 5.32 Å². The van der Waals surface area contributed by atoms with Crippen molar-refractivity contribution in [1.29, 1.82) is 0 Å². The van der Waals surface area contributed by atoms with Crippen molar-refractivity contribution >= 4 is 0 Å². The molecule has 2 heteroatoms. The maximum absolute atomic E-state index is 6.30. The molecule has 2 fully saturated rings. The van der Waals surface area contributed by atoms with Crippen molar-refractivity contribution in [2.24, 2.45) is 5.92 Å². The van der Waals surface area contributed by atoms with Crippen LogP contribution in [-0.4, -0.2) is 24.3 Å². The molecule has 2 saturated heterocycles. The highest BCUT2D eigenvalue weighted by molar-refractivity contribution is 5.01. The second-order valence-electron chi connectivity index (χ2n) is 5.21. The maximum Gasteiger partial charge on any atom is 0.0937 e. The lowest BCUT2D eigenvalue weighted by molar-refractivity contribution is -0.217. The van der Waals surface area contributed by atoms with Crippen molar-refractivity contribution in [1.82, 2.24) is 5.32 Å². The molecular weight excluding hydrogens is 162 g/mol. The largest absolute Gasteiger partial charge is 0.366 e. The van der Waals surface area contributed by atoms with Crippen LogP contribution in [0.5, 0.6) is 0 Å². The molecule has 0 aromatic heterocycles. The van der Waals surface area contributed by atoms with Crippen LogP contribution in [0.15, 0.2) is 0 Å². The van der Waals surface area contributed by atoms with Gasteiger partial charge in [-0.1, -0.05) is 13.8 Å². The minimum absolute atomic E-state index is 0.125. The summed E-state index contributed by atoms with van der Waals surface area (Å²) in [6.45, 7) is 8.94. The Balaban J connectivity index is 2.06. The summed E-state index contributed by atoms with van der Waals surface area (Å²) in [6, 6.07) is 0. The predicted octanol–water partition coefficient (Wildman–Crippen LogP) is 1.94. The molecule has 2 nitrogen and oxygen atoms in total. The minimum atomic E-state index is 0.125. The summed E-state index contributed by atoms with van der Waals surface area (Å²) in [5.74, 6) is 0.630. The molecule has 0 aliphatic carbocycles. The zero-order valence-corrected chi connectivity index (χ0v) is 9.02. The van der Waals surface area contributed by atoms with Gasteiger partial charge < -0.3 is 10.1 Å². The number of hydrogen-bond donors (Lipinski definition) is 1. The number of rotatable bonds is 1. The van der Waals surface area contributed by atoms with Gasteiger partial charge >= 0.3 is 0 Å². The summed E-state index contributed by atoms with van der Waals surface area (Å²) in [7, 11) is 0. The van der Waals surface area contributed by atoms with E-state index in [1.54, 1.807) is 0 Å². The van der Waals surface area contributed by atoms with E-state index in [1.807, 2.05) is 0 Å². The highest BCUT2D eigenvalue weighted by atomic mass is 16.5. The molecule has 0 amide bonds. The SMILES string of the molecule is CC(C)C1(C)CCCC2(CNC2)O1. The van der Waals surface area contributed by atoms with Gasteiger partial charge in [0, 0.05) is 13.1 Å². The quantitative estimate of drug-likeness (QED) is 0.671. The Labute approximate surface area is 81.0 Å². The molecule has 2 heterocycles. The molecule has 1 unspecified atom stereocenters. The first-order valence-electron chi connectivity index (χ1n) is 5.47. The molecule has 0 radical (unpaired) electrons. The smallest absolute Gasteiger partial charge is 0.0937 e. The number of hydrogen-bond acceptors (Lipinski definition) is 2. The van der Waals surface area contributed by atoms with Crippen LogP contribution in [0.2, 0.25) is 0 Å². The molecule has 0 saturated carbocycles. The third-order valence-corrected chi connectivity index (χ3v) is 3.87. The van der Waals surface area contributed by atoms with Gasteiger partial charge in [0.1, 0.15) is 0 Å². The molecule has 0 aromatic carbocycles. The van der Waals surface area contributed by atoms with Gasteiger partial charge in [0.2, 0.25) is 0 Å². The molecule has 1 N–H and O–H groups in total. The second-order valence-corrected chi connectivity index (χ2v) is 5.21.